The molecule has 1 atom stereocenters. The average Bonchev–Trinajstić information content (AvgIpc) is 2.72. The van der Waals surface area contributed by atoms with Gasteiger partial charge in [-0.3, -0.25) is 4.31 Å². The van der Waals surface area contributed by atoms with Gasteiger partial charge in [-0.1, -0.05) is 43.3 Å². The predicted molar refractivity (Wildman–Crippen MR) is 118 cm³/mol. The number of hydrogen-bond donors (Lipinski definition) is 1. The summed E-state index contributed by atoms with van der Waals surface area (Å²) in [4.78, 5) is 8.71. The summed E-state index contributed by atoms with van der Waals surface area (Å²) < 4.78 is 7.59. The number of methoxy groups -OCH3 is 1. The van der Waals surface area contributed by atoms with E-state index in [0.717, 1.165) is 29.3 Å². The zero-order chi connectivity index (χ0) is 19.9. The van der Waals surface area contributed by atoms with Gasteiger partial charge in [0, 0.05) is 29.1 Å². The zero-order valence-corrected chi connectivity index (χ0v) is 17.2. The lowest BCUT2D eigenvalue weighted by molar-refractivity contribution is 0.312. The van der Waals surface area contributed by atoms with Crippen LogP contribution in [-0.4, -0.2) is 35.0 Å². The molecule has 1 unspecified atom stereocenters. The van der Waals surface area contributed by atoms with E-state index in [1.54, 1.807) is 13.2 Å². The smallest absolute Gasteiger partial charge is 0.134 e. The summed E-state index contributed by atoms with van der Waals surface area (Å²) in [5.41, 5.74) is 3.84. The molecular formula is C22H26N4OS. The van der Waals surface area contributed by atoms with Gasteiger partial charge >= 0.3 is 0 Å². The van der Waals surface area contributed by atoms with Gasteiger partial charge in [-0.05, 0) is 43.7 Å². The van der Waals surface area contributed by atoms with E-state index in [1.165, 1.54) is 24.7 Å². The van der Waals surface area contributed by atoms with Gasteiger partial charge in [0.2, 0.25) is 0 Å². The quantitative estimate of drug-likeness (QED) is 0.387. The van der Waals surface area contributed by atoms with Crippen LogP contribution < -0.4 is 5.32 Å². The molecule has 0 amide bonds. The fraction of sp³-hybridized carbons (Fsp3) is 0.273. The molecule has 0 radical (unpaired) electrons. The van der Waals surface area contributed by atoms with Crippen molar-refractivity contribution in [1.82, 2.24) is 14.3 Å². The van der Waals surface area contributed by atoms with Gasteiger partial charge in [-0.25, -0.2) is 9.97 Å². The Morgan fingerprint density at radius 3 is 2.96 bits per heavy atom. The normalized spacial score (nSPS) is 17.8. The molecule has 0 aliphatic carbocycles. The van der Waals surface area contributed by atoms with Crippen molar-refractivity contribution in [2.24, 2.45) is 0 Å². The van der Waals surface area contributed by atoms with E-state index < -0.39 is 0 Å². The van der Waals surface area contributed by atoms with E-state index in [4.69, 9.17) is 4.74 Å². The van der Waals surface area contributed by atoms with Crippen molar-refractivity contribution in [3.63, 3.8) is 0 Å². The summed E-state index contributed by atoms with van der Waals surface area (Å²) in [6.07, 6.45) is 7.48. The van der Waals surface area contributed by atoms with Crippen molar-refractivity contribution in [3.8, 4) is 0 Å². The summed E-state index contributed by atoms with van der Waals surface area (Å²) in [6.45, 7) is 8.83. The predicted octanol–water partition coefficient (Wildman–Crippen LogP) is 5.36. The lowest BCUT2D eigenvalue weighted by Crippen LogP contribution is -2.19. The summed E-state index contributed by atoms with van der Waals surface area (Å²) in [5.74, 6) is 1.25. The standard InChI is InChI=1S/C22H26N4OS/c1-5-8-19(16(2)27-4)20-14-22(24-15-23-20)25-18-10-6-9-17(13-18)21-11-7-12-26(3)28-21/h5-6,8-10,13-15,21H,1-2,7,11-12H2,3-4H3,(H,23,24,25)/b19-8+. The fourth-order valence-corrected chi connectivity index (χ4v) is 4.35. The molecule has 2 heterocycles. The van der Waals surface area contributed by atoms with Crippen LogP contribution in [0.5, 0.6) is 0 Å². The van der Waals surface area contributed by atoms with E-state index in [0.29, 0.717) is 11.0 Å². The minimum absolute atomic E-state index is 0.494. The molecule has 1 aromatic carbocycles. The lowest BCUT2D eigenvalue weighted by atomic mass is 10.1. The van der Waals surface area contributed by atoms with Gasteiger partial charge in [-0.2, -0.15) is 0 Å². The van der Waals surface area contributed by atoms with Crippen LogP contribution in [0.15, 0.2) is 67.7 Å². The average molecular weight is 395 g/mol. The molecule has 146 valence electrons. The van der Waals surface area contributed by atoms with Crippen molar-refractivity contribution < 1.29 is 4.74 Å². The number of allylic oxidation sites excluding steroid dienone is 3. The van der Waals surface area contributed by atoms with Crippen molar-refractivity contribution in [2.45, 2.75) is 18.1 Å². The molecule has 1 aliphatic rings. The second kappa shape index (κ2) is 9.57. The molecule has 2 aromatic rings. The zero-order valence-electron chi connectivity index (χ0n) is 16.4. The Bertz CT molecular complexity index is 880. The summed E-state index contributed by atoms with van der Waals surface area (Å²) >= 11 is 1.91. The van der Waals surface area contributed by atoms with Crippen molar-refractivity contribution in [2.75, 3.05) is 26.0 Å². The Morgan fingerprint density at radius 1 is 1.36 bits per heavy atom. The summed E-state index contributed by atoms with van der Waals surface area (Å²) in [6, 6.07) is 10.4. The molecule has 5 nitrogen and oxygen atoms in total. The maximum atomic E-state index is 5.27. The second-order valence-corrected chi connectivity index (χ2v) is 7.97. The SMILES string of the molecule is C=C/C=C(\C(=C)OC)c1cc(Nc2cccc(C3CCCN(C)S3)c2)ncn1. The molecule has 3 rings (SSSR count). The van der Waals surface area contributed by atoms with Gasteiger partial charge in [0.05, 0.1) is 12.8 Å². The number of ether oxygens (including phenoxy) is 1. The molecule has 1 N–H and O–H groups in total. The molecule has 1 aromatic heterocycles. The molecule has 0 saturated carbocycles. The molecular weight excluding hydrogens is 368 g/mol. The number of hydrogen-bond acceptors (Lipinski definition) is 6. The summed E-state index contributed by atoms with van der Waals surface area (Å²) in [7, 11) is 3.75. The largest absolute Gasteiger partial charge is 0.497 e. The molecule has 0 spiro atoms. The summed E-state index contributed by atoms with van der Waals surface area (Å²) in [5, 5.41) is 3.89. The second-order valence-electron chi connectivity index (χ2n) is 6.57. The number of nitrogens with zero attached hydrogens (tertiary/aromatic N) is 3. The van der Waals surface area contributed by atoms with E-state index in [1.807, 2.05) is 24.1 Å². The van der Waals surface area contributed by atoms with Crippen LogP contribution in [0.2, 0.25) is 0 Å². The molecule has 1 fully saturated rings. The van der Waals surface area contributed by atoms with Gasteiger partial charge in [-0.15, -0.1) is 0 Å². The third kappa shape index (κ3) is 5.03. The van der Waals surface area contributed by atoms with Crippen LogP contribution >= 0.6 is 11.9 Å². The lowest BCUT2D eigenvalue weighted by Gasteiger charge is -2.29. The fourth-order valence-electron chi connectivity index (χ4n) is 3.14. The topological polar surface area (TPSA) is 50.3 Å². The maximum absolute atomic E-state index is 5.27. The first-order valence-corrected chi connectivity index (χ1v) is 10.1. The van der Waals surface area contributed by atoms with Crippen molar-refractivity contribution >= 4 is 29.0 Å². The minimum atomic E-state index is 0.494. The first-order chi connectivity index (χ1) is 13.6. The van der Waals surface area contributed by atoms with Gasteiger partial charge in [0.15, 0.2) is 0 Å². The highest BCUT2D eigenvalue weighted by Crippen LogP contribution is 2.39. The van der Waals surface area contributed by atoms with Gasteiger partial charge in [0.25, 0.3) is 0 Å². The number of anilines is 2. The van der Waals surface area contributed by atoms with Crippen LogP contribution in [0, 0.1) is 0 Å². The van der Waals surface area contributed by atoms with E-state index >= 15 is 0 Å². The first kappa shape index (κ1) is 20.2. The van der Waals surface area contributed by atoms with Crippen LogP contribution in [0.25, 0.3) is 5.57 Å². The highest BCUT2D eigenvalue weighted by molar-refractivity contribution is 7.97. The molecule has 28 heavy (non-hydrogen) atoms. The molecule has 1 saturated heterocycles. The van der Waals surface area contributed by atoms with E-state index in [9.17, 15) is 0 Å². The first-order valence-electron chi connectivity index (χ1n) is 9.24. The third-order valence-electron chi connectivity index (χ3n) is 4.55. The van der Waals surface area contributed by atoms with E-state index in [2.05, 4.69) is 64.1 Å². The highest BCUT2D eigenvalue weighted by Gasteiger charge is 2.20. The Balaban J connectivity index is 1.81. The number of aromatic nitrogens is 2. The van der Waals surface area contributed by atoms with Crippen LogP contribution in [0.4, 0.5) is 11.5 Å². The Morgan fingerprint density at radius 2 is 2.21 bits per heavy atom. The minimum Gasteiger partial charge on any atom is -0.497 e. The van der Waals surface area contributed by atoms with Crippen LogP contribution in [-0.2, 0) is 4.74 Å². The van der Waals surface area contributed by atoms with Crippen LogP contribution in [0.1, 0.15) is 29.3 Å². The van der Waals surface area contributed by atoms with Crippen molar-refractivity contribution in [1.29, 1.82) is 0 Å². The number of benzene rings is 1. The van der Waals surface area contributed by atoms with Crippen molar-refractivity contribution in [3.05, 3.63) is 79.0 Å². The Labute approximate surface area is 171 Å². The third-order valence-corrected chi connectivity index (χ3v) is 5.86. The van der Waals surface area contributed by atoms with Gasteiger partial charge < -0.3 is 10.1 Å². The number of rotatable bonds is 7. The molecule has 0 bridgehead atoms. The maximum Gasteiger partial charge on any atom is 0.134 e. The number of nitrogens with one attached hydrogen (secondary N) is 1. The molecule has 1 aliphatic heterocycles. The van der Waals surface area contributed by atoms with E-state index in [-0.39, 0.29) is 0 Å². The highest BCUT2D eigenvalue weighted by atomic mass is 32.2. The molecule has 6 heteroatoms. The monoisotopic (exact) mass is 394 g/mol. The van der Waals surface area contributed by atoms with Gasteiger partial charge in [0.1, 0.15) is 17.9 Å². The Kier molecular flexibility index (Phi) is 6.90. The van der Waals surface area contributed by atoms with Crippen LogP contribution in [0.3, 0.4) is 0 Å². The Hall–Kier alpha value is -2.57.